The summed E-state index contributed by atoms with van der Waals surface area (Å²) in [5, 5.41) is 15.0. The van der Waals surface area contributed by atoms with E-state index in [4.69, 9.17) is 5.11 Å². The van der Waals surface area contributed by atoms with Crippen LogP contribution in [0.2, 0.25) is 0 Å². The maximum atomic E-state index is 11.3. The van der Waals surface area contributed by atoms with Crippen molar-refractivity contribution in [3.8, 4) is 0 Å². The van der Waals surface area contributed by atoms with E-state index in [1.54, 1.807) is 0 Å². The summed E-state index contributed by atoms with van der Waals surface area (Å²) in [6, 6.07) is 18.3. The van der Waals surface area contributed by atoms with Gasteiger partial charge in [0.25, 0.3) is 0 Å². The van der Waals surface area contributed by atoms with E-state index in [0.29, 0.717) is 17.6 Å². The van der Waals surface area contributed by atoms with E-state index in [1.165, 1.54) is 18.4 Å². The minimum absolute atomic E-state index is 0.296. The molecule has 1 aliphatic rings. The van der Waals surface area contributed by atoms with Crippen LogP contribution in [-0.2, 0) is 4.79 Å². The molecule has 0 bridgehead atoms. The molecule has 0 heterocycles. The van der Waals surface area contributed by atoms with Gasteiger partial charge in [0.1, 0.15) is 6.61 Å². The van der Waals surface area contributed by atoms with Gasteiger partial charge in [-0.1, -0.05) is 36.4 Å². The summed E-state index contributed by atoms with van der Waals surface area (Å²) in [4.78, 5) is 11.3. The lowest BCUT2D eigenvalue weighted by Crippen LogP contribution is -2.16. The Bertz CT molecular complexity index is 639. The molecule has 0 spiro atoms. The highest BCUT2D eigenvalue weighted by Gasteiger charge is 2.32. The van der Waals surface area contributed by atoms with Crippen LogP contribution in [0.15, 0.2) is 54.6 Å². The topological polar surface area (TPSA) is 61.4 Å². The second-order valence-corrected chi connectivity index (χ2v) is 5.66. The quantitative estimate of drug-likeness (QED) is 0.767. The highest BCUT2D eigenvalue weighted by molar-refractivity contribution is 5.91. The second kappa shape index (κ2) is 6.62. The van der Waals surface area contributed by atoms with Gasteiger partial charge >= 0.3 is 0 Å². The minimum atomic E-state index is -0.508. The summed E-state index contributed by atoms with van der Waals surface area (Å²) in [5.74, 6) is 0.261. The molecule has 4 nitrogen and oxygen atoms in total. The van der Waals surface area contributed by atoms with Crippen LogP contribution >= 0.6 is 0 Å². The summed E-state index contributed by atoms with van der Waals surface area (Å²) >= 11 is 0. The van der Waals surface area contributed by atoms with E-state index in [9.17, 15) is 4.79 Å². The van der Waals surface area contributed by atoms with Gasteiger partial charge in [-0.3, -0.25) is 4.79 Å². The lowest BCUT2D eigenvalue weighted by Gasteiger charge is -2.20. The molecule has 0 radical (unpaired) electrons. The second-order valence-electron chi connectivity index (χ2n) is 5.66. The van der Waals surface area contributed by atoms with Gasteiger partial charge < -0.3 is 15.7 Å². The molecule has 0 saturated heterocycles. The third-order valence-corrected chi connectivity index (χ3v) is 3.86. The Labute approximate surface area is 130 Å². The number of rotatable bonds is 6. The first-order chi connectivity index (χ1) is 10.8. The number of carbonyl (C=O) groups excluding carboxylic acids is 1. The monoisotopic (exact) mass is 296 g/mol. The summed E-state index contributed by atoms with van der Waals surface area (Å²) in [5.41, 5.74) is 2.94. The SMILES string of the molecule is O=C(CO)Nc1cccc(NC(c2ccccc2)C2CC2)c1. The van der Waals surface area contributed by atoms with Gasteiger partial charge in [-0.25, -0.2) is 0 Å². The van der Waals surface area contributed by atoms with Crippen molar-refractivity contribution in [3.63, 3.8) is 0 Å². The van der Waals surface area contributed by atoms with Gasteiger partial charge in [-0.05, 0) is 42.5 Å². The number of aliphatic hydroxyl groups excluding tert-OH is 1. The molecule has 2 aromatic rings. The highest BCUT2D eigenvalue weighted by Crippen LogP contribution is 2.42. The van der Waals surface area contributed by atoms with Crippen LogP contribution in [0, 0.1) is 5.92 Å². The summed E-state index contributed by atoms with van der Waals surface area (Å²) < 4.78 is 0. The van der Waals surface area contributed by atoms with E-state index < -0.39 is 12.5 Å². The van der Waals surface area contributed by atoms with Gasteiger partial charge in [0.05, 0.1) is 6.04 Å². The number of aliphatic hydroxyl groups is 1. The number of amides is 1. The Kier molecular flexibility index (Phi) is 4.39. The van der Waals surface area contributed by atoms with E-state index >= 15 is 0 Å². The van der Waals surface area contributed by atoms with E-state index in [0.717, 1.165) is 5.69 Å². The van der Waals surface area contributed by atoms with Crippen molar-refractivity contribution in [1.82, 2.24) is 0 Å². The predicted molar refractivity (Wildman–Crippen MR) is 87.7 cm³/mol. The first-order valence-electron chi connectivity index (χ1n) is 7.58. The zero-order valence-electron chi connectivity index (χ0n) is 12.3. The van der Waals surface area contributed by atoms with Crippen molar-refractivity contribution in [2.45, 2.75) is 18.9 Å². The first-order valence-corrected chi connectivity index (χ1v) is 7.58. The normalized spacial score (nSPS) is 15.1. The van der Waals surface area contributed by atoms with Crippen LogP contribution in [0.1, 0.15) is 24.4 Å². The Morgan fingerprint density at radius 3 is 2.50 bits per heavy atom. The summed E-state index contributed by atoms with van der Waals surface area (Å²) in [6.45, 7) is -0.508. The molecule has 1 fully saturated rings. The number of nitrogens with one attached hydrogen (secondary N) is 2. The molecule has 2 aromatic carbocycles. The highest BCUT2D eigenvalue weighted by atomic mass is 16.3. The van der Waals surface area contributed by atoms with Crippen LogP contribution in [0.4, 0.5) is 11.4 Å². The molecule has 3 N–H and O–H groups in total. The van der Waals surface area contributed by atoms with E-state index in [1.807, 2.05) is 30.3 Å². The molecule has 0 aromatic heterocycles. The molecule has 3 rings (SSSR count). The molecule has 114 valence electrons. The Balaban J connectivity index is 1.76. The largest absolute Gasteiger partial charge is 0.387 e. The Morgan fingerprint density at radius 2 is 1.82 bits per heavy atom. The van der Waals surface area contributed by atoms with Gasteiger partial charge in [0.2, 0.25) is 5.91 Å². The fourth-order valence-corrected chi connectivity index (χ4v) is 2.63. The number of carbonyl (C=O) groups is 1. The van der Waals surface area contributed by atoms with Crippen LogP contribution < -0.4 is 10.6 Å². The summed E-state index contributed by atoms with van der Waals surface area (Å²) in [6.07, 6.45) is 2.49. The van der Waals surface area contributed by atoms with Crippen molar-refractivity contribution in [3.05, 3.63) is 60.2 Å². The number of hydrogen-bond donors (Lipinski definition) is 3. The number of anilines is 2. The van der Waals surface area contributed by atoms with Crippen molar-refractivity contribution in [2.75, 3.05) is 17.2 Å². The molecule has 1 atom stereocenters. The lowest BCUT2D eigenvalue weighted by atomic mass is 10.0. The van der Waals surface area contributed by atoms with Gasteiger partial charge in [-0.15, -0.1) is 0 Å². The fourth-order valence-electron chi connectivity index (χ4n) is 2.63. The van der Waals surface area contributed by atoms with E-state index in [2.05, 4.69) is 34.9 Å². The number of benzene rings is 2. The standard InChI is InChI=1S/C18H20N2O2/c21-12-17(22)19-15-7-4-8-16(11-15)20-18(14-9-10-14)13-5-2-1-3-6-13/h1-8,11,14,18,20-21H,9-10,12H2,(H,19,22). The molecule has 0 aliphatic heterocycles. The molecule has 1 aliphatic carbocycles. The average Bonchev–Trinajstić information content (AvgIpc) is 3.38. The van der Waals surface area contributed by atoms with Crippen LogP contribution in [-0.4, -0.2) is 17.6 Å². The minimum Gasteiger partial charge on any atom is -0.387 e. The van der Waals surface area contributed by atoms with Gasteiger partial charge in [-0.2, -0.15) is 0 Å². The van der Waals surface area contributed by atoms with E-state index in [-0.39, 0.29) is 0 Å². The molecule has 1 unspecified atom stereocenters. The molecular weight excluding hydrogens is 276 g/mol. The van der Waals surface area contributed by atoms with Crippen molar-refractivity contribution in [2.24, 2.45) is 5.92 Å². The number of hydrogen-bond acceptors (Lipinski definition) is 3. The molecule has 1 amide bonds. The van der Waals surface area contributed by atoms with Gasteiger partial charge in [0, 0.05) is 11.4 Å². The van der Waals surface area contributed by atoms with Crippen LogP contribution in [0.3, 0.4) is 0 Å². The van der Waals surface area contributed by atoms with Crippen molar-refractivity contribution in [1.29, 1.82) is 0 Å². The molecule has 22 heavy (non-hydrogen) atoms. The maximum Gasteiger partial charge on any atom is 0.250 e. The van der Waals surface area contributed by atoms with Crippen molar-refractivity contribution < 1.29 is 9.90 Å². The maximum absolute atomic E-state index is 11.3. The molecular formula is C18H20N2O2. The summed E-state index contributed by atoms with van der Waals surface area (Å²) in [7, 11) is 0. The third-order valence-electron chi connectivity index (χ3n) is 3.86. The Hall–Kier alpha value is -2.33. The smallest absolute Gasteiger partial charge is 0.250 e. The lowest BCUT2D eigenvalue weighted by molar-refractivity contribution is -0.118. The first kappa shape index (κ1) is 14.6. The van der Waals surface area contributed by atoms with Crippen LogP contribution in [0.5, 0.6) is 0 Å². The van der Waals surface area contributed by atoms with Gasteiger partial charge in [0.15, 0.2) is 0 Å². The fraction of sp³-hybridized carbons (Fsp3) is 0.278. The Morgan fingerprint density at radius 1 is 1.09 bits per heavy atom. The van der Waals surface area contributed by atoms with Crippen molar-refractivity contribution >= 4 is 17.3 Å². The van der Waals surface area contributed by atoms with Crippen LogP contribution in [0.25, 0.3) is 0 Å². The zero-order valence-corrected chi connectivity index (χ0v) is 12.3. The predicted octanol–water partition coefficient (Wildman–Crippen LogP) is 3.18. The molecule has 1 saturated carbocycles. The third kappa shape index (κ3) is 3.65. The average molecular weight is 296 g/mol. The zero-order chi connectivity index (χ0) is 15.4. The molecule has 4 heteroatoms.